The van der Waals surface area contributed by atoms with Gasteiger partial charge in [-0.05, 0) is 66.5 Å². The summed E-state index contributed by atoms with van der Waals surface area (Å²) in [6.07, 6.45) is 3.21. The molecule has 0 unspecified atom stereocenters. The number of anilines is 3. The Morgan fingerprint density at radius 2 is 1.89 bits per heavy atom. The predicted octanol–water partition coefficient (Wildman–Crippen LogP) is 5.95. The smallest absolute Gasteiger partial charge is 0.379 e. The first-order valence-corrected chi connectivity index (χ1v) is 14.9. The lowest BCUT2D eigenvalue weighted by molar-refractivity contribution is -0.151. The van der Waals surface area contributed by atoms with Gasteiger partial charge in [-0.3, -0.25) is 19.4 Å². The number of halogens is 4. The summed E-state index contributed by atoms with van der Waals surface area (Å²) in [4.78, 5) is 48.4. The Kier molecular flexibility index (Phi) is 7.15. The van der Waals surface area contributed by atoms with E-state index < -0.39 is 31.2 Å². The van der Waals surface area contributed by atoms with Crippen LogP contribution >= 0.6 is 11.6 Å². The van der Waals surface area contributed by atoms with Gasteiger partial charge >= 0.3 is 12.2 Å². The van der Waals surface area contributed by atoms with Crippen molar-refractivity contribution >= 4 is 52.3 Å². The standard InChI is InChI=1S/C31H27ClF3N7O3/c32-20-3-1-2-18(8-20)23-11-24(23)29(44)39-26-10-21(6-7-36-26)37-12-22-14-40-13-19(17-4-5-17)9-25(28(40)38-22)41-15-27(43)42(30(41)45)16-31(33,34)35/h1-3,6-10,13-14,17,23-24H,4-5,11-12,15-16H2,(H2,36,37,39,44)/t23-,24+/m1/s1. The minimum Gasteiger partial charge on any atom is -0.379 e. The second kappa shape index (κ2) is 11.1. The van der Waals surface area contributed by atoms with E-state index in [2.05, 4.69) is 20.6 Å². The number of carbonyl (C=O) groups excluding carboxylic acids is 3. The molecule has 2 aliphatic carbocycles. The molecular weight excluding hydrogens is 611 g/mol. The molecule has 0 bridgehead atoms. The fourth-order valence-corrected chi connectivity index (χ4v) is 5.95. The summed E-state index contributed by atoms with van der Waals surface area (Å²) in [5.74, 6) is -0.400. The molecular formula is C31H27ClF3N7O3. The Hall–Kier alpha value is -4.65. The molecule has 3 aromatic heterocycles. The maximum atomic E-state index is 13.0. The van der Waals surface area contributed by atoms with Gasteiger partial charge in [0, 0.05) is 41.3 Å². The van der Waals surface area contributed by atoms with Gasteiger partial charge in [-0.25, -0.2) is 14.8 Å². The number of carbonyl (C=O) groups is 3. The Morgan fingerprint density at radius 3 is 2.64 bits per heavy atom. The summed E-state index contributed by atoms with van der Waals surface area (Å²) < 4.78 is 40.9. The Morgan fingerprint density at radius 1 is 1.07 bits per heavy atom. The lowest BCUT2D eigenvalue weighted by Crippen LogP contribution is -2.40. The van der Waals surface area contributed by atoms with Gasteiger partial charge in [0.2, 0.25) is 5.91 Å². The molecule has 2 atom stereocenters. The van der Waals surface area contributed by atoms with Gasteiger partial charge in [-0.2, -0.15) is 13.2 Å². The summed E-state index contributed by atoms with van der Waals surface area (Å²) in [7, 11) is 0. The molecule has 45 heavy (non-hydrogen) atoms. The first-order valence-electron chi connectivity index (χ1n) is 14.5. The number of hydrogen-bond donors (Lipinski definition) is 2. The molecule has 3 fully saturated rings. The highest BCUT2D eigenvalue weighted by Gasteiger charge is 2.45. The Labute approximate surface area is 260 Å². The highest BCUT2D eigenvalue weighted by Crippen LogP contribution is 2.48. The van der Waals surface area contributed by atoms with Crippen LogP contribution in [-0.4, -0.2) is 56.4 Å². The van der Waals surface area contributed by atoms with E-state index in [9.17, 15) is 27.6 Å². The molecule has 0 radical (unpaired) electrons. The number of rotatable bonds is 9. The summed E-state index contributed by atoms with van der Waals surface area (Å²) in [5, 5.41) is 6.78. The second-order valence-corrected chi connectivity index (χ2v) is 12.1. The van der Waals surface area contributed by atoms with Crippen molar-refractivity contribution in [2.45, 2.75) is 43.8 Å². The second-order valence-electron chi connectivity index (χ2n) is 11.6. The fraction of sp³-hybridized carbons (Fsp3) is 0.323. The number of benzene rings is 1. The zero-order valence-electron chi connectivity index (χ0n) is 23.7. The molecule has 1 aliphatic heterocycles. The minimum absolute atomic E-state index is 0.118. The highest BCUT2D eigenvalue weighted by atomic mass is 35.5. The summed E-state index contributed by atoms with van der Waals surface area (Å²) in [5.41, 5.74) is 3.88. The van der Waals surface area contributed by atoms with Crippen molar-refractivity contribution in [3.05, 3.63) is 82.9 Å². The number of urea groups is 1. The van der Waals surface area contributed by atoms with E-state index in [-0.39, 0.29) is 35.1 Å². The zero-order valence-corrected chi connectivity index (χ0v) is 24.5. The monoisotopic (exact) mass is 637 g/mol. The molecule has 2 saturated carbocycles. The average Bonchev–Trinajstić information content (AvgIpc) is 3.92. The van der Waals surface area contributed by atoms with E-state index in [4.69, 9.17) is 11.6 Å². The number of nitrogens with one attached hydrogen (secondary N) is 2. The molecule has 3 aliphatic rings. The zero-order chi connectivity index (χ0) is 31.5. The van der Waals surface area contributed by atoms with E-state index in [0.717, 1.165) is 35.3 Å². The molecule has 0 spiro atoms. The number of amides is 4. The molecule has 7 rings (SSSR count). The number of imidazole rings is 1. The maximum absolute atomic E-state index is 13.0. The third kappa shape index (κ3) is 6.17. The van der Waals surface area contributed by atoms with Crippen molar-refractivity contribution in [1.29, 1.82) is 0 Å². The van der Waals surface area contributed by atoms with Gasteiger partial charge in [0.05, 0.1) is 17.9 Å². The molecule has 232 valence electrons. The number of alkyl halides is 3. The van der Waals surface area contributed by atoms with Crippen LogP contribution in [0.5, 0.6) is 0 Å². The Bertz CT molecular complexity index is 1840. The van der Waals surface area contributed by atoms with Gasteiger partial charge in [0.25, 0.3) is 5.91 Å². The van der Waals surface area contributed by atoms with Crippen LogP contribution in [0.3, 0.4) is 0 Å². The Balaban J connectivity index is 1.05. The number of pyridine rings is 2. The number of hydrogen-bond acceptors (Lipinski definition) is 6. The van der Waals surface area contributed by atoms with Gasteiger partial charge in [0.15, 0.2) is 5.65 Å². The number of nitrogens with zero attached hydrogens (tertiary/aromatic N) is 5. The summed E-state index contributed by atoms with van der Waals surface area (Å²) in [6, 6.07) is 11.7. The first-order chi connectivity index (χ1) is 21.5. The van der Waals surface area contributed by atoms with Crippen molar-refractivity contribution in [3.8, 4) is 0 Å². The predicted molar refractivity (Wildman–Crippen MR) is 160 cm³/mol. The van der Waals surface area contributed by atoms with E-state index in [1.54, 1.807) is 41.1 Å². The normalized spacial score (nSPS) is 19.8. The van der Waals surface area contributed by atoms with E-state index in [1.807, 2.05) is 24.4 Å². The summed E-state index contributed by atoms with van der Waals surface area (Å²) in [6.45, 7) is -1.87. The van der Waals surface area contributed by atoms with Crippen molar-refractivity contribution in [1.82, 2.24) is 19.3 Å². The van der Waals surface area contributed by atoms with Gasteiger partial charge in [0.1, 0.15) is 18.9 Å². The average molecular weight is 638 g/mol. The third-order valence-corrected chi connectivity index (χ3v) is 8.46. The van der Waals surface area contributed by atoms with Gasteiger partial charge in [-0.15, -0.1) is 0 Å². The maximum Gasteiger partial charge on any atom is 0.406 e. The topological polar surface area (TPSA) is 112 Å². The summed E-state index contributed by atoms with van der Waals surface area (Å²) >= 11 is 6.10. The van der Waals surface area contributed by atoms with Crippen LogP contribution in [-0.2, 0) is 16.1 Å². The van der Waals surface area contributed by atoms with E-state index in [0.29, 0.717) is 33.6 Å². The van der Waals surface area contributed by atoms with Crippen LogP contribution in [0.4, 0.5) is 35.2 Å². The fourth-order valence-electron chi connectivity index (χ4n) is 5.75. The molecule has 14 heteroatoms. The van der Waals surface area contributed by atoms with Crippen LogP contribution in [0.1, 0.15) is 47.9 Å². The molecule has 1 saturated heterocycles. The van der Waals surface area contributed by atoms with Crippen molar-refractivity contribution in [2.75, 3.05) is 28.6 Å². The number of aromatic nitrogens is 3. The van der Waals surface area contributed by atoms with Crippen molar-refractivity contribution in [3.63, 3.8) is 0 Å². The van der Waals surface area contributed by atoms with Crippen LogP contribution in [0, 0.1) is 5.92 Å². The molecule has 4 aromatic rings. The largest absolute Gasteiger partial charge is 0.406 e. The third-order valence-electron chi connectivity index (χ3n) is 8.22. The quantitative estimate of drug-likeness (QED) is 0.220. The van der Waals surface area contributed by atoms with Crippen LogP contribution in [0.15, 0.2) is 61.1 Å². The number of fused-ring (bicyclic) bond motifs is 1. The van der Waals surface area contributed by atoms with E-state index in [1.165, 1.54) is 0 Å². The minimum atomic E-state index is -4.70. The van der Waals surface area contributed by atoms with Gasteiger partial charge < -0.3 is 15.0 Å². The SMILES string of the molecule is O=C(Nc1cc(NCc2cn3cc(C4CC4)cc(N4CC(=O)N(CC(F)(F)F)C4=O)c3n2)ccn1)[C@H]1C[C@@H]1c1cccc(Cl)c1. The van der Waals surface area contributed by atoms with E-state index >= 15 is 0 Å². The first kappa shape index (κ1) is 29.1. The van der Waals surface area contributed by atoms with Crippen LogP contribution in [0.25, 0.3) is 5.65 Å². The van der Waals surface area contributed by atoms with Crippen molar-refractivity contribution < 1.29 is 27.6 Å². The van der Waals surface area contributed by atoms with Crippen LogP contribution < -0.4 is 15.5 Å². The molecule has 4 heterocycles. The lowest BCUT2D eigenvalue weighted by Gasteiger charge is -2.19. The highest BCUT2D eigenvalue weighted by molar-refractivity contribution is 6.30. The van der Waals surface area contributed by atoms with Gasteiger partial charge in [-0.1, -0.05) is 23.7 Å². The molecule has 4 amide bonds. The molecule has 2 N–H and O–H groups in total. The lowest BCUT2D eigenvalue weighted by atomic mass is 10.1. The molecule has 1 aromatic carbocycles. The van der Waals surface area contributed by atoms with Crippen molar-refractivity contribution in [2.24, 2.45) is 5.92 Å². The number of imide groups is 1. The molecule has 10 nitrogen and oxygen atoms in total. The van der Waals surface area contributed by atoms with Crippen LogP contribution in [0.2, 0.25) is 5.02 Å².